The zero-order valence-electron chi connectivity index (χ0n) is 14.3. The maximum absolute atomic E-state index is 12.5. The minimum atomic E-state index is -1.28. The van der Waals surface area contributed by atoms with Gasteiger partial charge in [-0.2, -0.15) is 5.10 Å². The second-order valence-corrected chi connectivity index (χ2v) is 7.86. The third-order valence-corrected chi connectivity index (χ3v) is 5.91. The molecule has 3 heterocycles. The molecule has 12 heteroatoms. The number of rotatable bonds is 5. The van der Waals surface area contributed by atoms with Crippen molar-refractivity contribution in [3.05, 3.63) is 27.6 Å². The van der Waals surface area contributed by atoms with Crippen molar-refractivity contribution < 1.29 is 29.0 Å². The Bertz CT molecular complexity index is 882. The fourth-order valence-corrected chi connectivity index (χ4v) is 4.69. The average Bonchev–Trinajstić information content (AvgIpc) is 2.94. The van der Waals surface area contributed by atoms with Crippen LogP contribution in [-0.2, 0) is 26.2 Å². The summed E-state index contributed by atoms with van der Waals surface area (Å²) in [4.78, 5) is 48.6. The fourth-order valence-electron chi connectivity index (χ4n) is 2.81. The molecule has 2 aliphatic rings. The van der Waals surface area contributed by atoms with Crippen molar-refractivity contribution in [3.8, 4) is 0 Å². The van der Waals surface area contributed by atoms with Gasteiger partial charge in [0.2, 0.25) is 0 Å². The van der Waals surface area contributed by atoms with Crippen molar-refractivity contribution >= 4 is 51.4 Å². The number of nitrogens with zero attached hydrogens (tertiary/aromatic N) is 3. The van der Waals surface area contributed by atoms with Crippen LogP contribution in [0.15, 0.2) is 21.9 Å². The Kier molecular flexibility index (Phi) is 5.29. The Labute approximate surface area is 166 Å². The van der Waals surface area contributed by atoms with E-state index in [1.807, 2.05) is 0 Å². The lowest BCUT2D eigenvalue weighted by atomic mass is 10.0. The number of halogens is 1. The molecule has 0 saturated carbocycles. The van der Waals surface area contributed by atoms with Crippen LogP contribution in [0.3, 0.4) is 0 Å². The molecule has 2 aliphatic heterocycles. The highest BCUT2D eigenvalue weighted by Gasteiger charge is 2.54. The lowest BCUT2D eigenvalue weighted by Gasteiger charge is -2.49. The molecule has 0 radical (unpaired) electrons. The van der Waals surface area contributed by atoms with Gasteiger partial charge in [0, 0.05) is 31.5 Å². The second-order valence-electron chi connectivity index (χ2n) is 5.90. The van der Waals surface area contributed by atoms with Gasteiger partial charge in [-0.15, -0.1) is 11.8 Å². The summed E-state index contributed by atoms with van der Waals surface area (Å²) in [6, 6.07) is -0.860. The second kappa shape index (κ2) is 7.35. The van der Waals surface area contributed by atoms with E-state index in [0.717, 1.165) is 4.90 Å². The molecule has 1 aromatic rings. The van der Waals surface area contributed by atoms with Crippen molar-refractivity contribution in [2.24, 2.45) is 7.05 Å². The van der Waals surface area contributed by atoms with Crippen molar-refractivity contribution in [1.82, 2.24) is 20.0 Å². The number of thioether (sulfide) groups is 1. The van der Waals surface area contributed by atoms with Crippen molar-refractivity contribution in [1.29, 1.82) is 0 Å². The normalized spacial score (nSPS) is 21.4. The number of carboxylic acids is 1. The first-order chi connectivity index (χ1) is 12.7. The Morgan fingerprint density at radius 1 is 1.48 bits per heavy atom. The van der Waals surface area contributed by atoms with E-state index in [1.165, 1.54) is 23.4 Å². The van der Waals surface area contributed by atoms with Gasteiger partial charge in [-0.25, -0.2) is 4.79 Å². The van der Waals surface area contributed by atoms with Crippen LogP contribution in [0.1, 0.15) is 17.4 Å². The number of carbonyl (C=O) groups is 4. The molecule has 1 saturated heterocycles. The number of carbonyl (C=O) groups excluding carboxylic acids is 3. The predicted octanol–water partition coefficient (Wildman–Crippen LogP) is 0.0979. The van der Waals surface area contributed by atoms with Crippen LogP contribution in [0.2, 0.25) is 0 Å². The number of aryl methyl sites for hydroxylation is 1. The zero-order valence-corrected chi connectivity index (χ0v) is 16.7. The van der Waals surface area contributed by atoms with Crippen molar-refractivity contribution in [2.45, 2.75) is 18.3 Å². The number of nitrogens with one attached hydrogen (secondary N) is 1. The molecule has 3 rings (SSSR count). The van der Waals surface area contributed by atoms with Gasteiger partial charge in [-0.1, -0.05) is 0 Å². The monoisotopic (exact) mass is 458 g/mol. The van der Waals surface area contributed by atoms with Crippen LogP contribution >= 0.6 is 27.7 Å². The molecule has 144 valence electrons. The first-order valence-electron chi connectivity index (χ1n) is 7.74. The molecule has 27 heavy (non-hydrogen) atoms. The number of amides is 2. The Morgan fingerprint density at radius 3 is 2.74 bits per heavy atom. The number of aromatic nitrogens is 2. The van der Waals surface area contributed by atoms with Crippen LogP contribution in [-0.4, -0.2) is 67.3 Å². The van der Waals surface area contributed by atoms with Gasteiger partial charge in [-0.3, -0.25) is 24.0 Å². The number of β-lactam (4-membered cyclic amide) rings is 1. The van der Waals surface area contributed by atoms with Gasteiger partial charge in [0.1, 0.15) is 23.7 Å². The molecule has 2 N–H and O–H groups in total. The standard InChI is InChI=1S/C15H15BrN4O6S/c1-6(21)26-4-7-5-27-14-10(13(23)20(14)11(7)15(24)25)17-12(22)9-8(16)3-19(2)18-9/h3,10,14H,4-5H2,1-2H3,(H,17,22)(H,24,25)/t10-,14+/m1/s1. The lowest BCUT2D eigenvalue weighted by Crippen LogP contribution is -2.70. The van der Waals surface area contributed by atoms with Gasteiger partial charge in [0.05, 0.1) is 4.47 Å². The molecular formula is C15H15BrN4O6S. The summed E-state index contributed by atoms with van der Waals surface area (Å²) in [7, 11) is 1.66. The Balaban J connectivity index is 1.77. The quantitative estimate of drug-likeness (QED) is 0.468. The van der Waals surface area contributed by atoms with Crippen LogP contribution in [0.5, 0.6) is 0 Å². The highest BCUT2D eigenvalue weighted by Crippen LogP contribution is 2.40. The average molecular weight is 459 g/mol. The lowest BCUT2D eigenvalue weighted by molar-refractivity contribution is -0.149. The van der Waals surface area contributed by atoms with Crippen molar-refractivity contribution in [2.75, 3.05) is 12.4 Å². The molecule has 1 fully saturated rings. The molecule has 2 atom stereocenters. The molecule has 0 unspecified atom stereocenters. The molecule has 0 bridgehead atoms. The molecule has 10 nitrogen and oxygen atoms in total. The molecular weight excluding hydrogens is 444 g/mol. The van der Waals surface area contributed by atoms with Gasteiger partial charge in [0.15, 0.2) is 5.69 Å². The van der Waals surface area contributed by atoms with Gasteiger partial charge in [-0.05, 0) is 15.9 Å². The molecule has 2 amide bonds. The summed E-state index contributed by atoms with van der Waals surface area (Å²) in [6.45, 7) is 1.02. The molecule has 1 aromatic heterocycles. The number of esters is 1. The third kappa shape index (κ3) is 3.58. The minimum Gasteiger partial charge on any atom is -0.477 e. The van der Waals surface area contributed by atoms with Gasteiger partial charge >= 0.3 is 11.9 Å². The van der Waals surface area contributed by atoms with Crippen LogP contribution in [0.4, 0.5) is 0 Å². The zero-order chi connectivity index (χ0) is 19.9. The SMILES string of the molecule is CC(=O)OCC1=C(C(=O)O)N2C(=O)[C@@H](NC(=O)c3nn(C)cc3Br)[C@@H]2SC1. The summed E-state index contributed by atoms with van der Waals surface area (Å²) in [6.07, 6.45) is 1.60. The maximum atomic E-state index is 12.5. The van der Waals surface area contributed by atoms with Crippen LogP contribution in [0, 0.1) is 0 Å². The van der Waals surface area contributed by atoms with Crippen molar-refractivity contribution in [3.63, 3.8) is 0 Å². The Morgan fingerprint density at radius 2 is 2.19 bits per heavy atom. The van der Waals surface area contributed by atoms with E-state index in [4.69, 9.17) is 4.74 Å². The number of ether oxygens (including phenoxy) is 1. The third-order valence-electron chi connectivity index (χ3n) is 3.99. The highest BCUT2D eigenvalue weighted by molar-refractivity contribution is 9.10. The number of hydrogen-bond donors (Lipinski definition) is 2. The van der Waals surface area contributed by atoms with E-state index in [2.05, 4.69) is 26.3 Å². The summed E-state index contributed by atoms with van der Waals surface area (Å²) in [5.74, 6) is -2.63. The van der Waals surface area contributed by atoms with E-state index < -0.39 is 35.2 Å². The summed E-state index contributed by atoms with van der Waals surface area (Å²) >= 11 is 4.52. The highest BCUT2D eigenvalue weighted by atomic mass is 79.9. The Hall–Kier alpha value is -2.34. The fraction of sp³-hybridized carbons (Fsp3) is 0.400. The maximum Gasteiger partial charge on any atom is 0.352 e. The summed E-state index contributed by atoms with van der Waals surface area (Å²) in [5.41, 5.74) is 0.271. The van der Waals surface area contributed by atoms with E-state index in [9.17, 15) is 24.3 Å². The first-order valence-corrected chi connectivity index (χ1v) is 9.58. The topological polar surface area (TPSA) is 131 Å². The van der Waals surface area contributed by atoms with Crippen LogP contribution in [0.25, 0.3) is 0 Å². The van der Waals surface area contributed by atoms with E-state index >= 15 is 0 Å². The van der Waals surface area contributed by atoms with E-state index in [0.29, 0.717) is 10.0 Å². The number of carboxylic acid groups (broad SMARTS) is 1. The van der Waals surface area contributed by atoms with E-state index in [1.54, 1.807) is 13.2 Å². The van der Waals surface area contributed by atoms with Gasteiger partial charge in [0.25, 0.3) is 11.8 Å². The molecule has 0 spiro atoms. The number of fused-ring (bicyclic) bond motifs is 1. The van der Waals surface area contributed by atoms with Gasteiger partial charge < -0.3 is 15.2 Å². The summed E-state index contributed by atoms with van der Waals surface area (Å²) in [5, 5.41) is 15.6. The first kappa shape index (κ1) is 19.4. The van der Waals surface area contributed by atoms with Crippen LogP contribution < -0.4 is 5.32 Å². The molecule has 0 aromatic carbocycles. The smallest absolute Gasteiger partial charge is 0.352 e. The minimum absolute atomic E-state index is 0.133. The number of aliphatic carboxylic acids is 1. The largest absolute Gasteiger partial charge is 0.477 e. The summed E-state index contributed by atoms with van der Waals surface area (Å²) < 4.78 is 6.81. The van der Waals surface area contributed by atoms with E-state index in [-0.39, 0.29) is 23.8 Å². The molecule has 0 aliphatic carbocycles. The number of hydrogen-bond acceptors (Lipinski definition) is 7. The predicted molar refractivity (Wildman–Crippen MR) is 96.5 cm³/mol.